The van der Waals surface area contributed by atoms with E-state index in [1.54, 1.807) is 6.07 Å². The van der Waals surface area contributed by atoms with Crippen LogP contribution >= 0.6 is 0 Å². The van der Waals surface area contributed by atoms with Crippen molar-refractivity contribution in [3.63, 3.8) is 0 Å². The third kappa shape index (κ3) is 14.3. The van der Waals surface area contributed by atoms with E-state index in [1.165, 1.54) is 5.69 Å². The Hall–Kier alpha value is -5.65. The molecule has 4 rings (SSSR count). The van der Waals surface area contributed by atoms with Gasteiger partial charge in [0.1, 0.15) is 5.75 Å². The molecule has 1 aliphatic rings. The van der Waals surface area contributed by atoms with Gasteiger partial charge in [-0.15, -0.1) is 0 Å². The number of allylic oxidation sites excluding steroid dienone is 1. The lowest BCUT2D eigenvalue weighted by Gasteiger charge is -2.28. The predicted octanol–water partition coefficient (Wildman–Crippen LogP) is 9.98. The van der Waals surface area contributed by atoms with Crippen LogP contribution in [0.5, 0.6) is 5.75 Å². The molecule has 3 aromatic carbocycles. The van der Waals surface area contributed by atoms with E-state index in [0.29, 0.717) is 68.8 Å². The maximum Gasteiger partial charge on any atom is 0.303 e. The van der Waals surface area contributed by atoms with Crippen molar-refractivity contribution in [2.24, 2.45) is 4.99 Å². The Labute approximate surface area is 349 Å². The van der Waals surface area contributed by atoms with Gasteiger partial charge in [0.25, 0.3) is 5.91 Å². The number of carboxylic acid groups (broad SMARTS) is 3. The number of benzene rings is 3. The number of fused-ring (bicyclic) bond motifs is 1. The molecule has 59 heavy (non-hydrogen) atoms. The molecule has 0 unspecified atom stereocenters. The SMILES string of the molecule is CCN(CC)c1ccc(/C=C/C2=Nc3ccc(C(=O)Nc4ccc(N(CCCCCC(=O)O)CCCCCC(=O)O)c(OCCCCCC(=O)O)c4)cc3C2(C)C)cc1. The van der Waals surface area contributed by atoms with Crippen molar-refractivity contribution in [3.05, 3.63) is 83.4 Å². The monoisotopic (exact) mass is 810 g/mol. The van der Waals surface area contributed by atoms with Gasteiger partial charge in [-0.3, -0.25) is 24.2 Å². The molecule has 0 radical (unpaired) electrons. The van der Waals surface area contributed by atoms with Gasteiger partial charge in [-0.25, -0.2) is 0 Å². The number of carbonyl (C=O) groups is 4. The summed E-state index contributed by atoms with van der Waals surface area (Å²) in [4.78, 5) is 56.4. The third-order valence-electron chi connectivity index (χ3n) is 10.8. The Balaban J connectivity index is 1.51. The van der Waals surface area contributed by atoms with Crippen molar-refractivity contribution in [2.45, 2.75) is 110 Å². The van der Waals surface area contributed by atoms with E-state index < -0.39 is 23.3 Å². The molecule has 0 aromatic heterocycles. The number of hydrogen-bond donors (Lipinski definition) is 4. The molecule has 0 fully saturated rings. The molecule has 3 aromatic rings. The molecule has 0 spiro atoms. The number of rotatable bonds is 27. The van der Waals surface area contributed by atoms with Gasteiger partial charge in [0.15, 0.2) is 0 Å². The van der Waals surface area contributed by atoms with E-state index in [4.69, 9.17) is 25.0 Å². The highest BCUT2D eigenvalue weighted by Gasteiger charge is 2.34. The molecule has 318 valence electrons. The Kier molecular flexibility index (Phi) is 18.0. The van der Waals surface area contributed by atoms with Gasteiger partial charge < -0.3 is 35.2 Å². The second-order valence-corrected chi connectivity index (χ2v) is 15.5. The lowest BCUT2D eigenvalue weighted by Crippen LogP contribution is -2.26. The average Bonchev–Trinajstić information content (AvgIpc) is 3.46. The summed E-state index contributed by atoms with van der Waals surface area (Å²) in [5.74, 6) is -2.18. The third-order valence-corrected chi connectivity index (χ3v) is 10.8. The van der Waals surface area contributed by atoms with Crippen molar-refractivity contribution in [1.29, 1.82) is 0 Å². The van der Waals surface area contributed by atoms with Crippen LogP contribution in [-0.2, 0) is 19.8 Å². The average molecular weight is 811 g/mol. The van der Waals surface area contributed by atoms with Gasteiger partial charge in [0, 0.05) is 73.9 Å². The molecule has 0 saturated heterocycles. The maximum absolute atomic E-state index is 13.8. The smallest absolute Gasteiger partial charge is 0.303 e. The van der Waals surface area contributed by atoms with E-state index in [2.05, 4.69) is 79.2 Å². The second-order valence-electron chi connectivity index (χ2n) is 15.5. The summed E-state index contributed by atoms with van der Waals surface area (Å²) in [6.07, 6.45) is 10.5. The highest BCUT2D eigenvalue weighted by molar-refractivity contribution is 6.11. The van der Waals surface area contributed by atoms with Crippen LogP contribution in [0.2, 0.25) is 0 Å². The van der Waals surface area contributed by atoms with Crippen LogP contribution in [0.25, 0.3) is 6.08 Å². The molecule has 4 N–H and O–H groups in total. The lowest BCUT2D eigenvalue weighted by molar-refractivity contribution is -0.138. The summed E-state index contributed by atoms with van der Waals surface area (Å²) in [6, 6.07) is 19.6. The van der Waals surface area contributed by atoms with Crippen molar-refractivity contribution in [2.75, 3.05) is 47.9 Å². The van der Waals surface area contributed by atoms with E-state index in [0.717, 1.165) is 67.0 Å². The van der Waals surface area contributed by atoms with Gasteiger partial charge in [0.2, 0.25) is 0 Å². The van der Waals surface area contributed by atoms with Gasteiger partial charge >= 0.3 is 17.9 Å². The molecule has 0 saturated carbocycles. The van der Waals surface area contributed by atoms with Crippen LogP contribution in [0.15, 0.2) is 71.7 Å². The number of aliphatic imine (C=N–C) groups is 1. The summed E-state index contributed by atoms with van der Waals surface area (Å²) in [7, 11) is 0. The molecule has 1 amide bonds. The first kappa shape index (κ1) is 46.0. The predicted molar refractivity (Wildman–Crippen MR) is 236 cm³/mol. The molecule has 0 bridgehead atoms. The van der Waals surface area contributed by atoms with Crippen LogP contribution < -0.4 is 19.9 Å². The Morgan fingerprint density at radius 3 is 1.86 bits per heavy atom. The van der Waals surface area contributed by atoms with Crippen molar-refractivity contribution >= 4 is 58.4 Å². The number of amides is 1. The topological polar surface area (TPSA) is 169 Å². The van der Waals surface area contributed by atoms with Crippen LogP contribution in [0, 0.1) is 0 Å². The van der Waals surface area contributed by atoms with Crippen molar-refractivity contribution < 1.29 is 39.2 Å². The second kappa shape index (κ2) is 23.1. The first-order valence-electron chi connectivity index (χ1n) is 21.1. The number of unbranched alkanes of at least 4 members (excludes halogenated alkanes) is 6. The molecular weight excluding hydrogens is 749 g/mol. The molecule has 0 aliphatic carbocycles. The van der Waals surface area contributed by atoms with Crippen molar-refractivity contribution in [1.82, 2.24) is 0 Å². The number of carboxylic acids is 3. The molecule has 1 aliphatic heterocycles. The summed E-state index contributed by atoms with van der Waals surface area (Å²) in [6.45, 7) is 12.1. The van der Waals surface area contributed by atoms with E-state index in [-0.39, 0.29) is 25.2 Å². The fraction of sp³-hybridized carbons (Fsp3) is 0.468. The van der Waals surface area contributed by atoms with Crippen LogP contribution in [-0.4, -0.2) is 77.6 Å². The quantitative estimate of drug-likeness (QED) is 0.0544. The summed E-state index contributed by atoms with van der Waals surface area (Å²) in [5, 5.41) is 30.3. The number of anilines is 3. The van der Waals surface area contributed by atoms with Gasteiger partial charge in [-0.1, -0.05) is 44.9 Å². The van der Waals surface area contributed by atoms with Gasteiger partial charge in [0.05, 0.1) is 23.7 Å². The van der Waals surface area contributed by atoms with E-state index in [1.807, 2.05) is 30.3 Å². The van der Waals surface area contributed by atoms with Crippen LogP contribution in [0.3, 0.4) is 0 Å². The number of carbonyl (C=O) groups excluding carboxylic acids is 1. The highest BCUT2D eigenvalue weighted by Crippen LogP contribution is 2.41. The summed E-state index contributed by atoms with van der Waals surface area (Å²) < 4.78 is 6.33. The Bertz CT molecular complexity index is 1910. The van der Waals surface area contributed by atoms with E-state index >= 15 is 0 Å². The molecule has 12 heteroatoms. The molecule has 12 nitrogen and oxygen atoms in total. The fourth-order valence-electron chi connectivity index (χ4n) is 7.26. The number of nitrogens with zero attached hydrogens (tertiary/aromatic N) is 3. The molecular formula is C47H62N4O8. The van der Waals surface area contributed by atoms with E-state index in [9.17, 15) is 19.2 Å². The zero-order valence-corrected chi connectivity index (χ0v) is 35.2. The first-order chi connectivity index (χ1) is 28.3. The fourth-order valence-corrected chi connectivity index (χ4v) is 7.26. The minimum Gasteiger partial charge on any atom is -0.491 e. The van der Waals surface area contributed by atoms with Gasteiger partial charge in [-0.05, 0) is 118 Å². The summed E-state index contributed by atoms with van der Waals surface area (Å²) >= 11 is 0. The normalized spacial score (nSPS) is 12.8. The number of nitrogens with one attached hydrogen (secondary N) is 1. The number of aliphatic carboxylic acids is 3. The van der Waals surface area contributed by atoms with Gasteiger partial charge in [-0.2, -0.15) is 0 Å². The first-order valence-corrected chi connectivity index (χ1v) is 21.1. The minimum absolute atomic E-state index is 0.0974. The Morgan fingerprint density at radius 1 is 0.695 bits per heavy atom. The summed E-state index contributed by atoms with van der Waals surface area (Å²) in [5.41, 5.74) is 6.42. The standard InChI is InChI=1S/C47H62N4O8/c1-5-50(6-2)37-24-19-34(20-25-37)21-28-42-47(3,4)38-32-35(22-26-39(38)49-42)46(58)48-36-23-27-40(41(33-36)59-31-15-9-12-18-45(56)57)51(29-13-7-10-16-43(52)53)30-14-8-11-17-44(54)55/h19-28,32-33H,5-18,29-31H2,1-4H3,(H,48,58)(H,52,53)(H,54,55)(H,56,57)/b28-21+. The minimum atomic E-state index is -0.830. The zero-order chi connectivity index (χ0) is 42.8. The van der Waals surface area contributed by atoms with Crippen LogP contribution in [0.4, 0.5) is 22.7 Å². The molecule has 1 heterocycles. The maximum atomic E-state index is 13.8. The van der Waals surface area contributed by atoms with Crippen molar-refractivity contribution in [3.8, 4) is 5.75 Å². The number of ether oxygens (including phenoxy) is 1. The highest BCUT2D eigenvalue weighted by atomic mass is 16.5. The number of hydrogen-bond acceptors (Lipinski definition) is 8. The largest absolute Gasteiger partial charge is 0.491 e. The zero-order valence-electron chi connectivity index (χ0n) is 35.2. The lowest BCUT2D eigenvalue weighted by atomic mass is 9.80. The molecule has 0 atom stereocenters. The van der Waals surface area contributed by atoms with Crippen LogP contribution in [0.1, 0.15) is 126 Å². The Morgan fingerprint density at radius 2 is 1.29 bits per heavy atom.